The van der Waals surface area contributed by atoms with Crippen LogP contribution in [0.15, 0.2) is 24.5 Å². The predicted molar refractivity (Wildman–Crippen MR) is 60.3 cm³/mol. The first-order chi connectivity index (χ1) is 6.86. The minimum absolute atomic E-state index is 0.678. The molecule has 0 saturated carbocycles. The summed E-state index contributed by atoms with van der Waals surface area (Å²) < 4.78 is 0. The maximum Gasteiger partial charge on any atom is 0.0270 e. The predicted octanol–water partition coefficient (Wildman–Crippen LogP) is 2.40. The first kappa shape index (κ1) is 11.2. The molecule has 1 N–H and O–H groups in total. The Kier molecular flexibility index (Phi) is 5.23. The molecule has 0 amide bonds. The lowest BCUT2D eigenvalue weighted by atomic mass is 10.1. The quantitative estimate of drug-likeness (QED) is 0.748. The van der Waals surface area contributed by atoms with Crippen LogP contribution in [0.4, 0.5) is 0 Å². The van der Waals surface area contributed by atoms with Crippen LogP contribution in [0.2, 0.25) is 0 Å². The number of nitrogens with one attached hydrogen (secondary N) is 1. The van der Waals surface area contributed by atoms with E-state index in [0.29, 0.717) is 6.04 Å². The highest BCUT2D eigenvalue weighted by atomic mass is 14.9. The Bertz CT molecular complexity index is 229. The molecule has 0 spiro atoms. The highest BCUT2D eigenvalue weighted by Crippen LogP contribution is 1.99. The molecule has 0 radical (unpaired) electrons. The van der Waals surface area contributed by atoms with E-state index in [2.05, 4.69) is 36.3 Å². The van der Waals surface area contributed by atoms with Crippen LogP contribution in [-0.4, -0.2) is 17.6 Å². The van der Waals surface area contributed by atoms with E-state index in [9.17, 15) is 0 Å². The number of hydrogen-bond donors (Lipinski definition) is 1. The molecule has 0 saturated heterocycles. The van der Waals surface area contributed by atoms with Crippen LogP contribution in [0.5, 0.6) is 0 Å². The Labute approximate surface area is 86.8 Å². The average Bonchev–Trinajstić information content (AvgIpc) is 2.26. The topological polar surface area (TPSA) is 24.9 Å². The largest absolute Gasteiger partial charge is 0.314 e. The zero-order chi connectivity index (χ0) is 10.2. The van der Waals surface area contributed by atoms with Crippen molar-refractivity contribution in [2.24, 2.45) is 0 Å². The van der Waals surface area contributed by atoms with Crippen molar-refractivity contribution in [2.45, 2.75) is 39.2 Å². The van der Waals surface area contributed by atoms with Gasteiger partial charge in [-0.25, -0.2) is 0 Å². The molecule has 0 aromatic carbocycles. The monoisotopic (exact) mass is 192 g/mol. The minimum atomic E-state index is 0.678. The molecule has 2 heteroatoms. The SMILES string of the molecule is CCC(CC)NCCc1ccncc1. The summed E-state index contributed by atoms with van der Waals surface area (Å²) in [4.78, 5) is 4.00. The van der Waals surface area contributed by atoms with E-state index in [1.807, 2.05) is 12.4 Å². The summed E-state index contributed by atoms with van der Waals surface area (Å²) in [6.45, 7) is 5.53. The van der Waals surface area contributed by atoms with Gasteiger partial charge in [0.25, 0.3) is 0 Å². The van der Waals surface area contributed by atoms with E-state index in [1.54, 1.807) is 0 Å². The number of rotatable bonds is 6. The normalized spacial score (nSPS) is 10.8. The molecule has 1 aromatic rings. The van der Waals surface area contributed by atoms with E-state index >= 15 is 0 Å². The summed E-state index contributed by atoms with van der Waals surface area (Å²) in [7, 11) is 0. The number of nitrogens with zero attached hydrogens (tertiary/aromatic N) is 1. The first-order valence-corrected chi connectivity index (χ1v) is 5.49. The van der Waals surface area contributed by atoms with Gasteiger partial charge in [-0.1, -0.05) is 13.8 Å². The van der Waals surface area contributed by atoms with Crippen LogP contribution in [0.1, 0.15) is 32.3 Å². The fourth-order valence-electron chi connectivity index (χ4n) is 1.55. The minimum Gasteiger partial charge on any atom is -0.314 e. The molecule has 1 rings (SSSR count). The highest BCUT2D eigenvalue weighted by molar-refractivity contribution is 5.09. The van der Waals surface area contributed by atoms with Gasteiger partial charge in [0.05, 0.1) is 0 Å². The van der Waals surface area contributed by atoms with Gasteiger partial charge >= 0.3 is 0 Å². The fourth-order valence-corrected chi connectivity index (χ4v) is 1.55. The fraction of sp³-hybridized carbons (Fsp3) is 0.583. The molecule has 0 fully saturated rings. The summed E-state index contributed by atoms with van der Waals surface area (Å²) in [5, 5.41) is 3.55. The van der Waals surface area contributed by atoms with Crippen molar-refractivity contribution in [1.82, 2.24) is 10.3 Å². The van der Waals surface area contributed by atoms with E-state index in [1.165, 1.54) is 18.4 Å². The van der Waals surface area contributed by atoms with Crippen molar-refractivity contribution in [2.75, 3.05) is 6.54 Å². The van der Waals surface area contributed by atoms with Gasteiger partial charge in [-0.05, 0) is 43.5 Å². The van der Waals surface area contributed by atoms with Crippen LogP contribution >= 0.6 is 0 Å². The second-order valence-corrected chi connectivity index (χ2v) is 3.57. The van der Waals surface area contributed by atoms with Crippen molar-refractivity contribution in [3.05, 3.63) is 30.1 Å². The Balaban J connectivity index is 2.21. The van der Waals surface area contributed by atoms with Gasteiger partial charge in [0.15, 0.2) is 0 Å². The van der Waals surface area contributed by atoms with Gasteiger partial charge in [-0.2, -0.15) is 0 Å². The smallest absolute Gasteiger partial charge is 0.0270 e. The third-order valence-electron chi connectivity index (χ3n) is 2.58. The third-order valence-corrected chi connectivity index (χ3v) is 2.58. The molecule has 2 nitrogen and oxygen atoms in total. The van der Waals surface area contributed by atoms with Crippen molar-refractivity contribution in [3.8, 4) is 0 Å². The zero-order valence-corrected chi connectivity index (χ0v) is 9.16. The highest BCUT2D eigenvalue weighted by Gasteiger charge is 2.00. The van der Waals surface area contributed by atoms with Gasteiger partial charge in [0.1, 0.15) is 0 Å². The maximum atomic E-state index is 4.00. The van der Waals surface area contributed by atoms with Crippen LogP contribution in [0.25, 0.3) is 0 Å². The van der Waals surface area contributed by atoms with E-state index < -0.39 is 0 Å². The molecule has 14 heavy (non-hydrogen) atoms. The Morgan fingerprint density at radius 3 is 2.43 bits per heavy atom. The van der Waals surface area contributed by atoms with Gasteiger partial charge in [-0.15, -0.1) is 0 Å². The van der Waals surface area contributed by atoms with Gasteiger partial charge < -0.3 is 5.32 Å². The van der Waals surface area contributed by atoms with Gasteiger partial charge in [0.2, 0.25) is 0 Å². The standard InChI is InChI=1S/C12H20N2/c1-3-12(4-2)14-10-7-11-5-8-13-9-6-11/h5-6,8-9,12,14H,3-4,7,10H2,1-2H3. The molecule has 0 unspecified atom stereocenters. The summed E-state index contributed by atoms with van der Waals surface area (Å²) in [5.74, 6) is 0. The van der Waals surface area contributed by atoms with Crippen LogP contribution < -0.4 is 5.32 Å². The zero-order valence-electron chi connectivity index (χ0n) is 9.16. The summed E-state index contributed by atoms with van der Waals surface area (Å²) in [5.41, 5.74) is 1.36. The molecule has 78 valence electrons. The number of aromatic nitrogens is 1. The Hall–Kier alpha value is -0.890. The van der Waals surface area contributed by atoms with Crippen LogP contribution in [0.3, 0.4) is 0 Å². The molecule has 0 aliphatic rings. The molecular weight excluding hydrogens is 172 g/mol. The van der Waals surface area contributed by atoms with Crippen molar-refractivity contribution >= 4 is 0 Å². The molecular formula is C12H20N2. The lowest BCUT2D eigenvalue weighted by Gasteiger charge is -2.14. The van der Waals surface area contributed by atoms with Gasteiger partial charge in [0, 0.05) is 18.4 Å². The number of pyridine rings is 1. The van der Waals surface area contributed by atoms with E-state index in [0.717, 1.165) is 13.0 Å². The summed E-state index contributed by atoms with van der Waals surface area (Å²) >= 11 is 0. The second-order valence-electron chi connectivity index (χ2n) is 3.57. The van der Waals surface area contributed by atoms with Crippen molar-refractivity contribution in [1.29, 1.82) is 0 Å². The lowest BCUT2D eigenvalue weighted by Crippen LogP contribution is -2.29. The molecule has 0 bridgehead atoms. The van der Waals surface area contributed by atoms with Crippen molar-refractivity contribution in [3.63, 3.8) is 0 Å². The number of hydrogen-bond acceptors (Lipinski definition) is 2. The molecule has 1 heterocycles. The van der Waals surface area contributed by atoms with Crippen molar-refractivity contribution < 1.29 is 0 Å². The first-order valence-electron chi connectivity index (χ1n) is 5.49. The Morgan fingerprint density at radius 2 is 1.86 bits per heavy atom. The Morgan fingerprint density at radius 1 is 1.21 bits per heavy atom. The van der Waals surface area contributed by atoms with Crippen LogP contribution in [0, 0.1) is 0 Å². The summed E-state index contributed by atoms with van der Waals surface area (Å²) in [6, 6.07) is 4.83. The third kappa shape index (κ3) is 3.88. The lowest BCUT2D eigenvalue weighted by molar-refractivity contribution is 0.488. The molecule has 0 aliphatic heterocycles. The van der Waals surface area contributed by atoms with E-state index in [4.69, 9.17) is 0 Å². The average molecular weight is 192 g/mol. The molecule has 0 atom stereocenters. The van der Waals surface area contributed by atoms with E-state index in [-0.39, 0.29) is 0 Å². The second kappa shape index (κ2) is 6.55. The van der Waals surface area contributed by atoms with Crippen LogP contribution in [-0.2, 0) is 6.42 Å². The molecule has 1 aromatic heterocycles. The molecule has 0 aliphatic carbocycles. The van der Waals surface area contributed by atoms with Gasteiger partial charge in [-0.3, -0.25) is 4.98 Å². The summed E-state index contributed by atoms with van der Waals surface area (Å²) in [6.07, 6.45) is 7.23. The maximum absolute atomic E-state index is 4.00.